The van der Waals surface area contributed by atoms with E-state index in [1.165, 1.54) is 0 Å². The smallest absolute Gasteiger partial charge is 0.322 e. The van der Waals surface area contributed by atoms with Crippen LogP contribution in [0.4, 0.5) is 16.2 Å². The molecule has 3 rings (SSSR count). The van der Waals surface area contributed by atoms with Gasteiger partial charge < -0.3 is 20.3 Å². The normalized spacial score (nSPS) is 16.1. The van der Waals surface area contributed by atoms with Gasteiger partial charge in [-0.3, -0.25) is 4.79 Å². The molecular formula is C21H25N3O3. The van der Waals surface area contributed by atoms with Crippen molar-refractivity contribution in [1.29, 1.82) is 0 Å². The van der Waals surface area contributed by atoms with Gasteiger partial charge in [-0.15, -0.1) is 0 Å². The SMILES string of the molecule is CCOc1cccc(NC(=O)C2CCCN2C(=O)Nc2ccc(C)cc2)c1. The highest BCUT2D eigenvalue weighted by Gasteiger charge is 2.34. The van der Waals surface area contributed by atoms with Gasteiger partial charge in [-0.2, -0.15) is 0 Å². The van der Waals surface area contributed by atoms with Gasteiger partial charge in [0.05, 0.1) is 6.61 Å². The van der Waals surface area contributed by atoms with Gasteiger partial charge in [-0.1, -0.05) is 23.8 Å². The van der Waals surface area contributed by atoms with Crippen molar-refractivity contribution in [2.24, 2.45) is 0 Å². The maximum Gasteiger partial charge on any atom is 0.322 e. The van der Waals surface area contributed by atoms with Gasteiger partial charge in [0.15, 0.2) is 0 Å². The van der Waals surface area contributed by atoms with Crippen LogP contribution >= 0.6 is 0 Å². The van der Waals surface area contributed by atoms with E-state index in [1.54, 1.807) is 11.0 Å². The van der Waals surface area contributed by atoms with Crippen LogP contribution in [0, 0.1) is 6.92 Å². The minimum atomic E-state index is -0.480. The van der Waals surface area contributed by atoms with Gasteiger partial charge in [-0.05, 0) is 51.0 Å². The number of hydrogen-bond acceptors (Lipinski definition) is 3. The van der Waals surface area contributed by atoms with Gasteiger partial charge in [0.1, 0.15) is 11.8 Å². The number of hydrogen-bond donors (Lipinski definition) is 2. The molecule has 0 radical (unpaired) electrons. The fourth-order valence-corrected chi connectivity index (χ4v) is 3.17. The summed E-state index contributed by atoms with van der Waals surface area (Å²) in [6.07, 6.45) is 1.46. The maximum atomic E-state index is 12.7. The van der Waals surface area contributed by atoms with E-state index in [0.29, 0.717) is 31.0 Å². The maximum absolute atomic E-state index is 12.7. The van der Waals surface area contributed by atoms with Crippen molar-refractivity contribution >= 4 is 23.3 Å². The standard InChI is InChI=1S/C21H25N3O3/c1-3-27-18-7-4-6-17(14-18)22-20(25)19-8-5-13-24(19)21(26)23-16-11-9-15(2)10-12-16/h4,6-7,9-12,14,19H,3,5,8,13H2,1-2H3,(H,22,25)(H,23,26). The van der Waals surface area contributed by atoms with Crippen molar-refractivity contribution in [2.45, 2.75) is 32.7 Å². The molecule has 0 aliphatic carbocycles. The summed E-state index contributed by atoms with van der Waals surface area (Å²) >= 11 is 0. The van der Waals surface area contributed by atoms with Crippen molar-refractivity contribution in [2.75, 3.05) is 23.8 Å². The van der Waals surface area contributed by atoms with Crippen LogP contribution in [0.1, 0.15) is 25.3 Å². The summed E-state index contributed by atoms with van der Waals surface area (Å²) in [5.41, 5.74) is 2.51. The van der Waals surface area contributed by atoms with E-state index in [4.69, 9.17) is 4.74 Å². The lowest BCUT2D eigenvalue weighted by molar-refractivity contribution is -0.119. The Morgan fingerprint density at radius 3 is 2.63 bits per heavy atom. The fraction of sp³-hybridized carbons (Fsp3) is 0.333. The zero-order valence-electron chi connectivity index (χ0n) is 15.7. The highest BCUT2D eigenvalue weighted by molar-refractivity contribution is 5.99. The summed E-state index contributed by atoms with van der Waals surface area (Å²) in [7, 11) is 0. The van der Waals surface area contributed by atoms with Gasteiger partial charge in [0, 0.05) is 24.0 Å². The van der Waals surface area contributed by atoms with Crippen LogP contribution in [0.25, 0.3) is 0 Å². The number of nitrogens with zero attached hydrogens (tertiary/aromatic N) is 1. The second-order valence-corrected chi connectivity index (χ2v) is 6.60. The first-order valence-electron chi connectivity index (χ1n) is 9.25. The number of aryl methyl sites for hydroxylation is 1. The minimum Gasteiger partial charge on any atom is -0.494 e. The van der Waals surface area contributed by atoms with Crippen molar-refractivity contribution in [3.63, 3.8) is 0 Å². The van der Waals surface area contributed by atoms with E-state index in [-0.39, 0.29) is 11.9 Å². The number of rotatable bonds is 5. The Balaban J connectivity index is 1.64. The van der Waals surface area contributed by atoms with Crippen LogP contribution in [-0.4, -0.2) is 36.0 Å². The van der Waals surface area contributed by atoms with Crippen LogP contribution in [0.3, 0.4) is 0 Å². The van der Waals surface area contributed by atoms with E-state index >= 15 is 0 Å². The molecule has 2 aromatic rings. The Morgan fingerprint density at radius 2 is 1.89 bits per heavy atom. The monoisotopic (exact) mass is 367 g/mol. The van der Waals surface area contributed by atoms with Gasteiger partial charge in [0.25, 0.3) is 0 Å². The molecule has 1 heterocycles. The Morgan fingerprint density at radius 1 is 1.11 bits per heavy atom. The highest BCUT2D eigenvalue weighted by atomic mass is 16.5. The molecule has 1 saturated heterocycles. The number of anilines is 2. The molecule has 2 N–H and O–H groups in total. The number of urea groups is 1. The third kappa shape index (κ3) is 4.78. The molecule has 1 aliphatic heterocycles. The molecule has 1 fully saturated rings. The second kappa shape index (κ2) is 8.58. The molecule has 0 bridgehead atoms. The molecule has 1 unspecified atom stereocenters. The van der Waals surface area contributed by atoms with E-state index in [0.717, 1.165) is 17.7 Å². The quantitative estimate of drug-likeness (QED) is 0.838. The van der Waals surface area contributed by atoms with E-state index < -0.39 is 6.04 Å². The largest absolute Gasteiger partial charge is 0.494 e. The molecule has 0 spiro atoms. The number of carbonyl (C=O) groups is 2. The summed E-state index contributed by atoms with van der Waals surface area (Å²) in [5, 5.41) is 5.77. The minimum absolute atomic E-state index is 0.180. The van der Waals surface area contributed by atoms with E-state index in [1.807, 2.05) is 56.3 Å². The van der Waals surface area contributed by atoms with E-state index in [2.05, 4.69) is 10.6 Å². The number of amides is 3. The number of ether oxygens (including phenoxy) is 1. The third-order valence-electron chi connectivity index (χ3n) is 4.53. The Hall–Kier alpha value is -3.02. The summed E-state index contributed by atoms with van der Waals surface area (Å²) in [5.74, 6) is 0.524. The molecule has 6 heteroatoms. The molecule has 3 amide bonds. The third-order valence-corrected chi connectivity index (χ3v) is 4.53. The van der Waals surface area contributed by atoms with Crippen LogP contribution < -0.4 is 15.4 Å². The fourth-order valence-electron chi connectivity index (χ4n) is 3.17. The summed E-state index contributed by atoms with van der Waals surface area (Å²) in [6.45, 7) is 5.03. The van der Waals surface area contributed by atoms with Crippen molar-refractivity contribution < 1.29 is 14.3 Å². The molecule has 27 heavy (non-hydrogen) atoms. The van der Waals surface area contributed by atoms with Crippen molar-refractivity contribution in [1.82, 2.24) is 4.90 Å². The molecule has 0 saturated carbocycles. The van der Waals surface area contributed by atoms with Gasteiger partial charge in [-0.25, -0.2) is 4.79 Å². The zero-order chi connectivity index (χ0) is 19.2. The second-order valence-electron chi connectivity index (χ2n) is 6.60. The first kappa shape index (κ1) is 18.8. The molecule has 142 valence electrons. The number of likely N-dealkylation sites (tertiary alicyclic amines) is 1. The van der Waals surface area contributed by atoms with Crippen LogP contribution in [-0.2, 0) is 4.79 Å². The van der Waals surface area contributed by atoms with Gasteiger partial charge in [0.2, 0.25) is 5.91 Å². The molecule has 0 aromatic heterocycles. The number of benzene rings is 2. The Labute approximate surface area is 159 Å². The van der Waals surface area contributed by atoms with Crippen LogP contribution in [0.15, 0.2) is 48.5 Å². The molecule has 6 nitrogen and oxygen atoms in total. The molecular weight excluding hydrogens is 342 g/mol. The van der Waals surface area contributed by atoms with Crippen LogP contribution in [0.2, 0.25) is 0 Å². The highest BCUT2D eigenvalue weighted by Crippen LogP contribution is 2.22. The molecule has 2 aromatic carbocycles. The lowest BCUT2D eigenvalue weighted by Crippen LogP contribution is -2.45. The average Bonchev–Trinajstić information content (AvgIpc) is 3.14. The van der Waals surface area contributed by atoms with E-state index in [9.17, 15) is 9.59 Å². The Kier molecular flexibility index (Phi) is 5.96. The summed E-state index contributed by atoms with van der Waals surface area (Å²) < 4.78 is 5.46. The first-order chi connectivity index (χ1) is 13.1. The first-order valence-corrected chi connectivity index (χ1v) is 9.25. The molecule has 1 aliphatic rings. The van der Waals surface area contributed by atoms with Crippen molar-refractivity contribution in [3.05, 3.63) is 54.1 Å². The molecule has 1 atom stereocenters. The zero-order valence-corrected chi connectivity index (χ0v) is 15.7. The van der Waals surface area contributed by atoms with Crippen molar-refractivity contribution in [3.8, 4) is 5.75 Å². The lowest BCUT2D eigenvalue weighted by Gasteiger charge is -2.24. The predicted molar refractivity (Wildman–Crippen MR) is 106 cm³/mol. The number of carbonyl (C=O) groups excluding carboxylic acids is 2. The predicted octanol–water partition coefficient (Wildman–Crippen LogP) is 4.03. The Bertz CT molecular complexity index is 805. The topological polar surface area (TPSA) is 70.7 Å². The summed E-state index contributed by atoms with van der Waals surface area (Å²) in [4.78, 5) is 26.9. The summed E-state index contributed by atoms with van der Waals surface area (Å²) in [6, 6.07) is 14.1. The lowest BCUT2D eigenvalue weighted by atomic mass is 10.2. The average molecular weight is 367 g/mol. The number of nitrogens with one attached hydrogen (secondary N) is 2. The van der Waals surface area contributed by atoms with Gasteiger partial charge >= 0.3 is 6.03 Å². The van der Waals surface area contributed by atoms with Crippen LogP contribution in [0.5, 0.6) is 5.75 Å².